The summed E-state index contributed by atoms with van der Waals surface area (Å²) in [7, 11) is 0. The number of hydrogen-bond donors (Lipinski definition) is 2. The number of amides is 1. The lowest BCUT2D eigenvalue weighted by atomic mass is 9.92. The van der Waals surface area contributed by atoms with Crippen molar-refractivity contribution in [2.24, 2.45) is 5.92 Å². The molecule has 30 heavy (non-hydrogen) atoms. The second kappa shape index (κ2) is 7.55. The highest BCUT2D eigenvalue weighted by molar-refractivity contribution is 6.05. The van der Waals surface area contributed by atoms with Crippen LogP contribution in [0.25, 0.3) is 11.1 Å². The summed E-state index contributed by atoms with van der Waals surface area (Å²) in [5.74, 6) is 0.591. The molecule has 5 nitrogen and oxygen atoms in total. The van der Waals surface area contributed by atoms with E-state index in [0.29, 0.717) is 19.1 Å². The zero-order valence-corrected chi connectivity index (χ0v) is 18.2. The maximum Gasteiger partial charge on any atom is 0.255 e. The minimum absolute atomic E-state index is 0.0193. The van der Waals surface area contributed by atoms with E-state index in [-0.39, 0.29) is 17.8 Å². The molecule has 0 saturated heterocycles. The third-order valence-electron chi connectivity index (χ3n) is 6.03. The van der Waals surface area contributed by atoms with Crippen LogP contribution in [0.4, 0.5) is 0 Å². The Kier molecular flexibility index (Phi) is 5.18. The third-order valence-corrected chi connectivity index (χ3v) is 6.03. The highest BCUT2D eigenvalue weighted by Crippen LogP contribution is 2.44. The fourth-order valence-corrected chi connectivity index (χ4v) is 4.69. The average Bonchev–Trinajstić information content (AvgIpc) is 3.43. The summed E-state index contributed by atoms with van der Waals surface area (Å²) in [6.45, 7) is 8.22. The van der Waals surface area contributed by atoms with Crippen LogP contribution in [0.15, 0.2) is 36.4 Å². The second-order valence-electron chi connectivity index (χ2n) is 9.26. The first-order valence-corrected chi connectivity index (χ1v) is 10.6. The van der Waals surface area contributed by atoms with Crippen molar-refractivity contribution in [2.45, 2.75) is 65.3 Å². The predicted octanol–water partition coefficient (Wildman–Crippen LogP) is 4.68. The lowest BCUT2D eigenvalue weighted by molar-refractivity contribution is -0.0224. The van der Waals surface area contributed by atoms with E-state index in [0.717, 1.165) is 46.2 Å². The number of rotatable bonds is 6. The van der Waals surface area contributed by atoms with Gasteiger partial charge >= 0.3 is 0 Å². The van der Waals surface area contributed by atoms with Crippen molar-refractivity contribution in [3.8, 4) is 11.1 Å². The van der Waals surface area contributed by atoms with Crippen molar-refractivity contribution in [3.63, 3.8) is 0 Å². The number of aliphatic hydroxyl groups is 1. The predicted molar refractivity (Wildman–Crippen MR) is 117 cm³/mol. The smallest absolute Gasteiger partial charge is 0.255 e. The van der Waals surface area contributed by atoms with Crippen LogP contribution < -0.4 is 0 Å². The molecule has 1 amide bonds. The molecule has 1 unspecified atom stereocenters. The first-order chi connectivity index (χ1) is 14.1. The van der Waals surface area contributed by atoms with E-state index in [1.54, 1.807) is 6.92 Å². The molecule has 5 heteroatoms. The maximum absolute atomic E-state index is 13.5. The van der Waals surface area contributed by atoms with Crippen LogP contribution >= 0.6 is 0 Å². The van der Waals surface area contributed by atoms with Crippen molar-refractivity contribution < 1.29 is 14.6 Å². The number of hydrogen-bond acceptors (Lipinski definition) is 4. The molecule has 2 aliphatic rings. The van der Waals surface area contributed by atoms with E-state index in [9.17, 15) is 9.90 Å². The number of carbonyl (C=O) groups excluding carboxylic acids is 1. The molecule has 0 bridgehead atoms. The summed E-state index contributed by atoms with van der Waals surface area (Å²) in [5, 5.41) is 18.2. The summed E-state index contributed by atoms with van der Waals surface area (Å²) >= 11 is 0. The molecule has 2 aromatic carbocycles. The molecule has 0 spiro atoms. The Balaban J connectivity index is 1.68. The molecular weight excluding hydrogens is 376 g/mol. The molecule has 1 fully saturated rings. The van der Waals surface area contributed by atoms with Crippen LogP contribution in [0.5, 0.6) is 0 Å². The van der Waals surface area contributed by atoms with E-state index in [1.807, 2.05) is 43.0 Å². The van der Waals surface area contributed by atoms with Gasteiger partial charge in [-0.05, 0) is 61.8 Å². The normalized spacial score (nSPS) is 17.1. The van der Waals surface area contributed by atoms with E-state index in [4.69, 9.17) is 10.1 Å². The van der Waals surface area contributed by atoms with Gasteiger partial charge in [0.05, 0.1) is 17.2 Å². The Hall–Kier alpha value is -2.66. The monoisotopic (exact) mass is 406 g/mol. The van der Waals surface area contributed by atoms with Crippen molar-refractivity contribution in [1.29, 1.82) is 5.41 Å². The number of carbonyl (C=O) groups is 1. The molecule has 0 radical (unpaired) electrons. The molecule has 1 aliphatic heterocycles. The van der Waals surface area contributed by atoms with E-state index < -0.39 is 5.60 Å². The van der Waals surface area contributed by atoms with Gasteiger partial charge in [0.1, 0.15) is 6.61 Å². The van der Waals surface area contributed by atoms with Crippen LogP contribution in [0.2, 0.25) is 0 Å². The highest BCUT2D eigenvalue weighted by Gasteiger charge is 2.48. The summed E-state index contributed by atoms with van der Waals surface area (Å²) in [6.07, 6.45) is 2.14. The van der Waals surface area contributed by atoms with Crippen molar-refractivity contribution in [2.75, 3.05) is 0 Å². The average molecular weight is 407 g/mol. The van der Waals surface area contributed by atoms with Gasteiger partial charge in [-0.25, -0.2) is 0 Å². The number of nitrogens with one attached hydrogen (secondary N) is 1. The van der Waals surface area contributed by atoms with Gasteiger partial charge in [0.2, 0.25) is 0 Å². The van der Waals surface area contributed by atoms with Gasteiger partial charge in [-0.3, -0.25) is 10.2 Å². The lowest BCUT2D eigenvalue weighted by Gasteiger charge is -2.37. The SMILES string of the molecule is CC(=N)OCc1ccc(-c2cc(C)cc3c2C(=O)N(C(C2CC2)C(C)(C)O)C3)cc1. The molecule has 1 aliphatic carbocycles. The quantitative estimate of drug-likeness (QED) is 0.540. The number of fused-ring (bicyclic) bond motifs is 1. The van der Waals surface area contributed by atoms with Crippen molar-refractivity contribution >= 4 is 11.8 Å². The maximum atomic E-state index is 13.5. The molecule has 4 rings (SSSR count). The minimum Gasteiger partial charge on any atom is -0.477 e. The van der Waals surface area contributed by atoms with Gasteiger partial charge in [0, 0.05) is 13.5 Å². The van der Waals surface area contributed by atoms with Crippen LogP contribution in [0.3, 0.4) is 0 Å². The Morgan fingerprint density at radius 2 is 1.93 bits per heavy atom. The molecule has 158 valence electrons. The standard InChI is InChI=1S/C25H30N2O3/c1-15-11-20-13-27(23(19-9-10-19)25(3,4)29)24(28)22(20)21(12-15)18-7-5-17(6-8-18)14-30-16(2)26/h5-8,11-12,19,23,26,29H,9-10,13-14H2,1-4H3. The van der Waals surface area contributed by atoms with Gasteiger partial charge in [-0.1, -0.05) is 42.0 Å². The molecule has 1 atom stereocenters. The first-order valence-electron chi connectivity index (χ1n) is 10.6. The van der Waals surface area contributed by atoms with Gasteiger partial charge in [0.15, 0.2) is 5.90 Å². The van der Waals surface area contributed by atoms with Gasteiger partial charge in [-0.2, -0.15) is 0 Å². The zero-order valence-electron chi connectivity index (χ0n) is 18.2. The number of ether oxygens (including phenoxy) is 1. The molecule has 2 aromatic rings. The summed E-state index contributed by atoms with van der Waals surface area (Å²) in [6, 6.07) is 12.0. The van der Waals surface area contributed by atoms with Crippen molar-refractivity contribution in [3.05, 3.63) is 58.7 Å². The fourth-order valence-electron chi connectivity index (χ4n) is 4.69. The van der Waals surface area contributed by atoms with Gasteiger partial charge in [-0.15, -0.1) is 0 Å². The summed E-state index contributed by atoms with van der Waals surface area (Å²) in [5.41, 5.74) is 4.91. The second-order valence-corrected chi connectivity index (χ2v) is 9.26. The Morgan fingerprint density at radius 1 is 1.27 bits per heavy atom. The van der Waals surface area contributed by atoms with Crippen molar-refractivity contribution in [1.82, 2.24) is 4.90 Å². The first kappa shape index (κ1) is 20.6. The lowest BCUT2D eigenvalue weighted by Crippen LogP contribution is -2.51. The van der Waals surface area contributed by atoms with E-state index >= 15 is 0 Å². The van der Waals surface area contributed by atoms with Crippen LogP contribution in [-0.2, 0) is 17.9 Å². The Bertz CT molecular complexity index is 985. The molecule has 2 N–H and O–H groups in total. The van der Waals surface area contributed by atoms with Crippen LogP contribution in [0, 0.1) is 18.3 Å². The van der Waals surface area contributed by atoms with Gasteiger partial charge < -0.3 is 14.7 Å². The molecular formula is C25H30N2O3. The number of benzene rings is 2. The molecule has 1 saturated carbocycles. The molecule has 0 aromatic heterocycles. The van der Waals surface area contributed by atoms with Gasteiger partial charge in [0.25, 0.3) is 5.91 Å². The summed E-state index contributed by atoms with van der Waals surface area (Å²) < 4.78 is 5.28. The fraction of sp³-hybridized carbons (Fsp3) is 0.440. The number of nitrogens with zero attached hydrogens (tertiary/aromatic N) is 1. The van der Waals surface area contributed by atoms with E-state index in [2.05, 4.69) is 19.1 Å². The number of aryl methyl sites for hydroxylation is 1. The summed E-state index contributed by atoms with van der Waals surface area (Å²) in [4.78, 5) is 15.4. The van der Waals surface area contributed by atoms with Crippen LogP contribution in [-0.4, -0.2) is 33.5 Å². The van der Waals surface area contributed by atoms with E-state index in [1.165, 1.54) is 0 Å². The topological polar surface area (TPSA) is 73.6 Å². The molecule has 1 heterocycles. The Morgan fingerprint density at radius 3 is 2.50 bits per heavy atom. The minimum atomic E-state index is -0.928. The largest absolute Gasteiger partial charge is 0.477 e. The zero-order chi connectivity index (χ0) is 21.6. The highest BCUT2D eigenvalue weighted by atomic mass is 16.5. The van der Waals surface area contributed by atoms with Crippen LogP contribution in [0.1, 0.15) is 60.7 Å². The third kappa shape index (κ3) is 3.99. The Labute approximate surface area is 178 Å².